The summed E-state index contributed by atoms with van der Waals surface area (Å²) in [6.45, 7) is 12.9. The fourth-order valence-corrected chi connectivity index (χ4v) is 8.22. The summed E-state index contributed by atoms with van der Waals surface area (Å²) in [4.78, 5) is 36.1. The molecule has 0 bridgehead atoms. The molecule has 0 radical (unpaired) electrons. The Morgan fingerprint density at radius 2 is 1.86 bits per heavy atom. The van der Waals surface area contributed by atoms with E-state index in [-0.39, 0.29) is 11.7 Å². The van der Waals surface area contributed by atoms with E-state index in [1.165, 1.54) is 17.0 Å². The minimum atomic E-state index is -1.34. The third-order valence-corrected chi connectivity index (χ3v) is 10.5. The molecule has 4 aliphatic rings. The van der Waals surface area contributed by atoms with Crippen molar-refractivity contribution in [2.45, 2.75) is 91.3 Å². The SMILES string of the molecule is CCc1c(-c2c3cc(C(=O)N4CCC(c5c[nH]c6ccccc56)CC4)c(C)c-3[nH]c(C)c2C(OC(C)(C)C)C(=O)O)cc(F)c2c1CCCO2. The molecule has 1 fully saturated rings. The number of piperidine rings is 1. The number of carboxylic acids is 1. The molecular formula is C41H46FN3O5. The number of amides is 1. The van der Waals surface area contributed by atoms with Crippen LogP contribution in [0.25, 0.3) is 33.3 Å². The largest absolute Gasteiger partial charge is 0.490 e. The lowest BCUT2D eigenvalue weighted by molar-refractivity contribution is -0.160. The second kappa shape index (κ2) is 12.9. The summed E-state index contributed by atoms with van der Waals surface area (Å²) in [6, 6.07) is 11.7. The molecule has 50 heavy (non-hydrogen) atoms. The van der Waals surface area contributed by atoms with E-state index in [1.807, 2.05) is 58.6 Å². The van der Waals surface area contributed by atoms with Crippen molar-refractivity contribution in [3.63, 3.8) is 0 Å². The molecule has 1 amide bonds. The van der Waals surface area contributed by atoms with Gasteiger partial charge in [-0.15, -0.1) is 0 Å². The Morgan fingerprint density at radius 3 is 2.56 bits per heavy atom. The number of aromatic amines is 2. The first kappa shape index (κ1) is 33.8. The van der Waals surface area contributed by atoms with E-state index in [0.29, 0.717) is 72.0 Å². The Balaban J connectivity index is 1.34. The molecule has 3 aromatic rings. The number of benzene rings is 2. The van der Waals surface area contributed by atoms with Crippen LogP contribution in [0.2, 0.25) is 0 Å². The molecule has 8 nitrogen and oxygen atoms in total. The Morgan fingerprint density at radius 1 is 1.12 bits per heavy atom. The summed E-state index contributed by atoms with van der Waals surface area (Å²) in [5.41, 5.74) is 8.32. The van der Waals surface area contributed by atoms with Crippen molar-refractivity contribution in [2.24, 2.45) is 0 Å². The summed E-state index contributed by atoms with van der Waals surface area (Å²) < 4.78 is 28.0. The molecule has 9 heteroatoms. The number of fused-ring (bicyclic) bond motifs is 3. The smallest absolute Gasteiger partial charge is 0.337 e. The Hall–Kier alpha value is -4.63. The first-order valence-corrected chi connectivity index (χ1v) is 17.8. The number of hydrogen-bond donors (Lipinski definition) is 3. The monoisotopic (exact) mass is 679 g/mol. The number of aryl methyl sites for hydroxylation is 1. The lowest BCUT2D eigenvalue weighted by Gasteiger charge is -2.32. The minimum absolute atomic E-state index is 0.0592. The average Bonchev–Trinajstić information content (AvgIpc) is 3.67. The zero-order valence-electron chi connectivity index (χ0n) is 29.8. The summed E-state index contributed by atoms with van der Waals surface area (Å²) in [5.74, 6) is -1.05. The van der Waals surface area contributed by atoms with Crippen molar-refractivity contribution in [3.05, 3.63) is 87.5 Å². The number of pyridine rings is 1. The third-order valence-electron chi connectivity index (χ3n) is 10.5. The summed E-state index contributed by atoms with van der Waals surface area (Å²) in [6.07, 6.45) is 4.49. The van der Waals surface area contributed by atoms with Gasteiger partial charge in [-0.1, -0.05) is 25.1 Å². The molecule has 1 unspecified atom stereocenters. The van der Waals surface area contributed by atoms with E-state index in [2.05, 4.69) is 34.4 Å². The van der Waals surface area contributed by atoms with Crippen molar-refractivity contribution in [1.82, 2.24) is 14.9 Å². The van der Waals surface area contributed by atoms with E-state index in [4.69, 9.17) is 9.47 Å². The number of carboxylic acid groups (broad SMARTS) is 1. The molecular weight excluding hydrogens is 633 g/mol. The van der Waals surface area contributed by atoms with Crippen molar-refractivity contribution >= 4 is 22.8 Å². The van der Waals surface area contributed by atoms with Crippen LogP contribution in [0.3, 0.4) is 0 Å². The van der Waals surface area contributed by atoms with Gasteiger partial charge in [0.2, 0.25) is 0 Å². The van der Waals surface area contributed by atoms with E-state index < -0.39 is 23.5 Å². The lowest BCUT2D eigenvalue weighted by atomic mass is 9.83. The number of ether oxygens (including phenoxy) is 2. The van der Waals surface area contributed by atoms with Gasteiger partial charge in [-0.25, -0.2) is 9.18 Å². The number of H-pyrrole nitrogens is 2. The minimum Gasteiger partial charge on any atom is -0.490 e. The molecule has 3 aliphatic heterocycles. The Labute approximate surface area is 292 Å². The van der Waals surface area contributed by atoms with Gasteiger partial charge in [0.15, 0.2) is 17.7 Å². The normalized spacial score (nSPS) is 16.1. The van der Waals surface area contributed by atoms with Crippen LogP contribution in [0.15, 0.2) is 42.6 Å². The van der Waals surface area contributed by atoms with E-state index in [9.17, 15) is 14.7 Å². The van der Waals surface area contributed by atoms with Crippen molar-refractivity contribution < 1.29 is 28.6 Å². The van der Waals surface area contributed by atoms with Crippen LogP contribution in [-0.4, -0.2) is 57.1 Å². The predicted molar refractivity (Wildman–Crippen MR) is 193 cm³/mol. The number of aliphatic carboxylic acids is 1. The number of nitrogens with zero attached hydrogens (tertiary/aromatic N) is 1. The van der Waals surface area contributed by atoms with E-state index >= 15 is 4.39 Å². The highest BCUT2D eigenvalue weighted by molar-refractivity contribution is 6.03. The van der Waals surface area contributed by atoms with Gasteiger partial charge in [-0.05, 0) is 119 Å². The van der Waals surface area contributed by atoms with E-state index in [0.717, 1.165) is 47.2 Å². The van der Waals surface area contributed by atoms with Crippen molar-refractivity contribution in [1.29, 1.82) is 0 Å². The molecule has 1 aromatic heterocycles. The molecule has 2 aromatic carbocycles. The number of halogens is 1. The molecule has 0 spiro atoms. The summed E-state index contributed by atoms with van der Waals surface area (Å²) >= 11 is 0. The summed E-state index contributed by atoms with van der Waals surface area (Å²) in [7, 11) is 0. The Kier molecular flexibility index (Phi) is 8.75. The number of carbonyl (C=O) groups excluding carboxylic acids is 1. The van der Waals surface area contributed by atoms with Gasteiger partial charge in [0.05, 0.1) is 12.2 Å². The van der Waals surface area contributed by atoms with Gasteiger partial charge < -0.3 is 29.4 Å². The van der Waals surface area contributed by atoms with Crippen LogP contribution in [0.1, 0.15) is 103 Å². The van der Waals surface area contributed by atoms with Crippen LogP contribution in [-0.2, 0) is 22.4 Å². The van der Waals surface area contributed by atoms with Crippen LogP contribution in [0.5, 0.6) is 5.75 Å². The topological polar surface area (TPSA) is 108 Å². The van der Waals surface area contributed by atoms with Gasteiger partial charge in [-0.3, -0.25) is 4.79 Å². The number of rotatable bonds is 7. The quantitative estimate of drug-likeness (QED) is 0.159. The molecule has 7 rings (SSSR count). The fraction of sp³-hybridized carbons (Fsp3) is 0.415. The first-order chi connectivity index (χ1) is 23.9. The number of para-hydroxylation sites is 1. The molecule has 3 N–H and O–H groups in total. The predicted octanol–water partition coefficient (Wildman–Crippen LogP) is 8.87. The van der Waals surface area contributed by atoms with Gasteiger partial charge >= 0.3 is 5.97 Å². The number of nitrogens with one attached hydrogen (secondary N) is 2. The Bertz CT molecular complexity index is 2080. The van der Waals surface area contributed by atoms with Gasteiger partial charge in [0.25, 0.3) is 5.91 Å². The number of likely N-dealkylation sites (tertiary alicyclic amines) is 1. The van der Waals surface area contributed by atoms with Crippen LogP contribution in [0, 0.1) is 19.7 Å². The molecule has 4 heterocycles. The third kappa shape index (κ3) is 5.85. The average molecular weight is 680 g/mol. The molecule has 1 saturated heterocycles. The van der Waals surface area contributed by atoms with Crippen LogP contribution >= 0.6 is 0 Å². The standard InChI is InChI=1S/C41H46FN3O5/c1-7-25-27-12-10-18-49-37(27)32(42)20-29(25)35-30-19-28(22(2)36(30)44-23(3)34(35)38(40(47)48)50-41(4,5)6)39(46)45-16-14-24(15-17-45)31-21-43-33-13-9-8-11-26(31)33/h8-9,11,13,19-21,24,38,43-44H,7,10,12,14-18H2,1-6H3,(H,47,48). The van der Waals surface area contributed by atoms with Gasteiger partial charge in [0.1, 0.15) is 0 Å². The second-order valence-corrected chi connectivity index (χ2v) is 14.8. The van der Waals surface area contributed by atoms with E-state index in [1.54, 1.807) is 0 Å². The maximum Gasteiger partial charge on any atom is 0.337 e. The van der Waals surface area contributed by atoms with Crippen LogP contribution in [0.4, 0.5) is 4.39 Å². The second-order valence-electron chi connectivity index (χ2n) is 14.8. The molecule has 0 saturated carbocycles. The van der Waals surface area contributed by atoms with Gasteiger partial charge in [-0.2, -0.15) is 0 Å². The zero-order chi connectivity index (χ0) is 35.5. The molecule has 262 valence electrons. The lowest BCUT2D eigenvalue weighted by Crippen LogP contribution is -2.38. The van der Waals surface area contributed by atoms with Crippen molar-refractivity contribution in [2.75, 3.05) is 19.7 Å². The zero-order valence-corrected chi connectivity index (χ0v) is 29.8. The maximum absolute atomic E-state index is 15.9. The molecule has 1 atom stereocenters. The highest BCUT2D eigenvalue weighted by Crippen LogP contribution is 2.48. The number of aromatic nitrogens is 2. The van der Waals surface area contributed by atoms with Crippen molar-refractivity contribution in [3.8, 4) is 28.1 Å². The number of hydrogen-bond acceptors (Lipinski definition) is 4. The van der Waals surface area contributed by atoms with Gasteiger partial charge in [0, 0.05) is 63.8 Å². The summed E-state index contributed by atoms with van der Waals surface area (Å²) in [5, 5.41) is 11.8. The van der Waals surface area contributed by atoms with Crippen LogP contribution < -0.4 is 4.74 Å². The maximum atomic E-state index is 15.9. The molecule has 1 aliphatic carbocycles. The highest BCUT2D eigenvalue weighted by Gasteiger charge is 2.37. The highest BCUT2D eigenvalue weighted by atomic mass is 19.1. The number of carbonyl (C=O) groups is 2. The first-order valence-electron chi connectivity index (χ1n) is 17.8. The fourth-order valence-electron chi connectivity index (χ4n) is 8.22.